The van der Waals surface area contributed by atoms with Gasteiger partial charge in [0.15, 0.2) is 0 Å². The standard InChI is InChI=1S/C18H23N3OS/c1-11-17(12(2)21(4)20-11)19-18(22)13(3)23-16-9-8-14-6-5-7-15(14)10-16/h8-10,13H,5-7H2,1-4H3,(H,19,22)/t13-/m1/s1. The van der Waals surface area contributed by atoms with Crippen LogP contribution in [0.4, 0.5) is 5.69 Å². The second-order valence-electron chi connectivity index (χ2n) is 6.20. The highest BCUT2D eigenvalue weighted by Crippen LogP contribution is 2.30. The largest absolute Gasteiger partial charge is 0.322 e. The third kappa shape index (κ3) is 3.29. The van der Waals surface area contributed by atoms with Gasteiger partial charge in [0.25, 0.3) is 0 Å². The van der Waals surface area contributed by atoms with Crippen LogP contribution >= 0.6 is 11.8 Å². The van der Waals surface area contributed by atoms with Crippen molar-refractivity contribution in [3.63, 3.8) is 0 Å². The molecule has 1 aromatic carbocycles. The first-order chi connectivity index (χ1) is 11.0. The predicted octanol–water partition coefficient (Wildman–Crippen LogP) is 3.64. The van der Waals surface area contributed by atoms with Gasteiger partial charge in [-0.15, -0.1) is 11.8 Å². The molecule has 4 nitrogen and oxygen atoms in total. The van der Waals surface area contributed by atoms with E-state index in [1.807, 2.05) is 27.8 Å². The highest BCUT2D eigenvalue weighted by molar-refractivity contribution is 8.00. The van der Waals surface area contributed by atoms with E-state index in [-0.39, 0.29) is 11.2 Å². The van der Waals surface area contributed by atoms with Crippen molar-refractivity contribution in [1.82, 2.24) is 9.78 Å². The predicted molar refractivity (Wildman–Crippen MR) is 95.1 cm³/mol. The van der Waals surface area contributed by atoms with Gasteiger partial charge in [0.2, 0.25) is 5.91 Å². The van der Waals surface area contributed by atoms with Crippen molar-refractivity contribution < 1.29 is 4.79 Å². The van der Waals surface area contributed by atoms with Crippen LogP contribution < -0.4 is 5.32 Å². The monoisotopic (exact) mass is 329 g/mol. The summed E-state index contributed by atoms with van der Waals surface area (Å²) in [7, 11) is 1.89. The van der Waals surface area contributed by atoms with Crippen molar-refractivity contribution >= 4 is 23.4 Å². The number of aryl methyl sites for hydroxylation is 4. The summed E-state index contributed by atoms with van der Waals surface area (Å²) in [5.74, 6) is 0.0229. The Morgan fingerprint density at radius 1 is 1.30 bits per heavy atom. The lowest BCUT2D eigenvalue weighted by Crippen LogP contribution is -2.23. The maximum absolute atomic E-state index is 12.5. The van der Waals surface area contributed by atoms with Crippen LogP contribution in [-0.4, -0.2) is 20.9 Å². The zero-order valence-electron chi connectivity index (χ0n) is 14.1. The van der Waals surface area contributed by atoms with Crippen molar-refractivity contribution in [1.29, 1.82) is 0 Å². The molecule has 5 heteroatoms. The van der Waals surface area contributed by atoms with Crippen LogP contribution in [0.1, 0.15) is 35.9 Å². The lowest BCUT2D eigenvalue weighted by atomic mass is 10.1. The maximum atomic E-state index is 12.5. The topological polar surface area (TPSA) is 46.9 Å². The fourth-order valence-corrected chi connectivity index (χ4v) is 3.99. The van der Waals surface area contributed by atoms with Crippen molar-refractivity contribution in [3.05, 3.63) is 40.7 Å². The molecule has 1 aromatic heterocycles. The highest BCUT2D eigenvalue weighted by Gasteiger charge is 2.19. The third-order valence-electron chi connectivity index (χ3n) is 4.51. The number of nitrogens with zero attached hydrogens (tertiary/aromatic N) is 2. The number of fused-ring (bicyclic) bond motifs is 1. The van der Waals surface area contributed by atoms with Gasteiger partial charge >= 0.3 is 0 Å². The summed E-state index contributed by atoms with van der Waals surface area (Å²) in [6.07, 6.45) is 3.60. The average Bonchev–Trinajstić information content (AvgIpc) is 3.07. The molecule has 1 aliphatic carbocycles. The Labute approximate surface area is 141 Å². The molecule has 1 atom stereocenters. The minimum atomic E-state index is -0.145. The molecule has 3 rings (SSSR count). The quantitative estimate of drug-likeness (QED) is 0.871. The van der Waals surface area contributed by atoms with E-state index in [0.29, 0.717) is 0 Å². The Hall–Kier alpha value is -1.75. The van der Waals surface area contributed by atoms with Gasteiger partial charge in [0.05, 0.1) is 22.3 Å². The second-order valence-corrected chi connectivity index (χ2v) is 7.62. The van der Waals surface area contributed by atoms with Crippen molar-refractivity contribution in [2.45, 2.75) is 50.2 Å². The van der Waals surface area contributed by atoms with E-state index < -0.39 is 0 Å². The average molecular weight is 329 g/mol. The minimum Gasteiger partial charge on any atom is -0.322 e. The van der Waals surface area contributed by atoms with E-state index in [4.69, 9.17) is 0 Å². The molecule has 23 heavy (non-hydrogen) atoms. The van der Waals surface area contributed by atoms with Gasteiger partial charge in [-0.05, 0) is 63.3 Å². The Morgan fingerprint density at radius 3 is 2.74 bits per heavy atom. The van der Waals surface area contributed by atoms with Gasteiger partial charge in [0, 0.05) is 11.9 Å². The molecule has 2 aromatic rings. The molecule has 0 radical (unpaired) electrons. The van der Waals surface area contributed by atoms with E-state index in [1.165, 1.54) is 35.3 Å². The molecule has 0 aliphatic heterocycles. The molecule has 0 bridgehead atoms. The second kappa shape index (κ2) is 6.40. The van der Waals surface area contributed by atoms with Crippen molar-refractivity contribution in [3.8, 4) is 0 Å². The number of nitrogens with one attached hydrogen (secondary N) is 1. The zero-order valence-corrected chi connectivity index (χ0v) is 15.0. The molecule has 0 saturated carbocycles. The summed E-state index contributed by atoms with van der Waals surface area (Å²) in [6.45, 7) is 5.84. The number of carbonyl (C=O) groups excluding carboxylic acids is 1. The number of benzene rings is 1. The van der Waals surface area contributed by atoms with Crippen LogP contribution in [0, 0.1) is 13.8 Å². The summed E-state index contributed by atoms with van der Waals surface area (Å²) >= 11 is 1.62. The van der Waals surface area contributed by atoms with Gasteiger partial charge in [-0.1, -0.05) is 6.07 Å². The molecule has 0 unspecified atom stereocenters. The van der Waals surface area contributed by atoms with E-state index in [0.717, 1.165) is 17.1 Å². The van der Waals surface area contributed by atoms with Crippen LogP contribution in [0.5, 0.6) is 0 Å². The molecular formula is C18H23N3OS. The molecule has 1 aliphatic rings. The smallest absolute Gasteiger partial charge is 0.237 e. The normalized spacial score (nSPS) is 14.6. The Kier molecular flexibility index (Phi) is 4.48. The SMILES string of the molecule is Cc1nn(C)c(C)c1NC(=O)[C@@H](C)Sc1ccc2c(c1)CCC2. The van der Waals surface area contributed by atoms with Crippen LogP contribution in [0.15, 0.2) is 23.1 Å². The van der Waals surface area contributed by atoms with Gasteiger partial charge in [-0.25, -0.2) is 0 Å². The number of thioether (sulfide) groups is 1. The lowest BCUT2D eigenvalue weighted by Gasteiger charge is -2.13. The summed E-state index contributed by atoms with van der Waals surface area (Å²) in [5, 5.41) is 7.23. The van der Waals surface area contributed by atoms with Crippen LogP contribution in [0.2, 0.25) is 0 Å². The van der Waals surface area contributed by atoms with Crippen LogP contribution in [-0.2, 0) is 24.7 Å². The summed E-state index contributed by atoms with van der Waals surface area (Å²) in [4.78, 5) is 13.7. The number of anilines is 1. The summed E-state index contributed by atoms with van der Waals surface area (Å²) < 4.78 is 1.79. The molecule has 0 fully saturated rings. The zero-order chi connectivity index (χ0) is 16.6. The molecule has 0 saturated heterocycles. The number of aromatic nitrogens is 2. The van der Waals surface area contributed by atoms with Gasteiger partial charge < -0.3 is 5.32 Å². The van der Waals surface area contributed by atoms with E-state index in [2.05, 4.69) is 28.6 Å². The van der Waals surface area contributed by atoms with E-state index in [1.54, 1.807) is 16.4 Å². The lowest BCUT2D eigenvalue weighted by molar-refractivity contribution is -0.115. The van der Waals surface area contributed by atoms with Crippen LogP contribution in [0.25, 0.3) is 0 Å². The Morgan fingerprint density at radius 2 is 2.04 bits per heavy atom. The van der Waals surface area contributed by atoms with Gasteiger partial charge in [-0.3, -0.25) is 9.48 Å². The van der Waals surface area contributed by atoms with Crippen LogP contribution in [0.3, 0.4) is 0 Å². The number of amides is 1. The molecular weight excluding hydrogens is 306 g/mol. The Bertz CT molecular complexity index is 751. The molecule has 122 valence electrons. The number of hydrogen-bond acceptors (Lipinski definition) is 3. The number of rotatable bonds is 4. The van der Waals surface area contributed by atoms with Crippen molar-refractivity contribution in [2.75, 3.05) is 5.32 Å². The summed E-state index contributed by atoms with van der Waals surface area (Å²) in [6, 6.07) is 6.60. The number of hydrogen-bond donors (Lipinski definition) is 1. The maximum Gasteiger partial charge on any atom is 0.237 e. The van der Waals surface area contributed by atoms with Gasteiger partial charge in [-0.2, -0.15) is 5.10 Å². The minimum absolute atomic E-state index is 0.0229. The fraction of sp³-hybridized carbons (Fsp3) is 0.444. The first kappa shape index (κ1) is 16.1. The molecule has 0 spiro atoms. The fourth-order valence-electron chi connectivity index (χ4n) is 3.06. The molecule has 1 heterocycles. The number of carbonyl (C=O) groups is 1. The van der Waals surface area contributed by atoms with E-state index in [9.17, 15) is 4.79 Å². The first-order valence-electron chi connectivity index (χ1n) is 8.05. The molecule has 1 amide bonds. The summed E-state index contributed by atoms with van der Waals surface area (Å²) in [5.41, 5.74) is 5.58. The van der Waals surface area contributed by atoms with Gasteiger partial charge in [0.1, 0.15) is 0 Å². The first-order valence-corrected chi connectivity index (χ1v) is 8.93. The van der Waals surface area contributed by atoms with E-state index >= 15 is 0 Å². The Balaban J connectivity index is 1.68. The highest BCUT2D eigenvalue weighted by atomic mass is 32.2. The third-order valence-corrected chi connectivity index (χ3v) is 5.60. The van der Waals surface area contributed by atoms with Crippen molar-refractivity contribution in [2.24, 2.45) is 7.05 Å². The molecule has 1 N–H and O–H groups in total.